The molecule has 1 aliphatic rings. The molecule has 0 spiro atoms. The number of rotatable bonds is 6. The molecule has 4 rings (SSSR count). The second-order valence-corrected chi connectivity index (χ2v) is 8.25. The van der Waals surface area contributed by atoms with Crippen molar-refractivity contribution in [2.75, 3.05) is 18.4 Å². The summed E-state index contributed by atoms with van der Waals surface area (Å²) in [5.74, 6) is 0.559. The minimum atomic E-state index is -0.476. The fourth-order valence-corrected chi connectivity index (χ4v) is 4.14. The molecule has 164 valence electrons. The predicted octanol–water partition coefficient (Wildman–Crippen LogP) is 4.24. The Hall–Kier alpha value is -3.54. The molecule has 3 aromatic rings. The van der Waals surface area contributed by atoms with Crippen LogP contribution in [0, 0.1) is 21.4 Å². The highest BCUT2D eigenvalue weighted by Crippen LogP contribution is 2.25. The number of nitro benzene ring substituents is 1. The first-order chi connectivity index (χ1) is 15.4. The number of ether oxygens (including phenoxy) is 1. The number of nitriles is 1. The topological polar surface area (TPSA) is 104 Å². The number of hydrogen-bond donors (Lipinski definition) is 1. The molecule has 1 fully saturated rings. The molecule has 32 heavy (non-hydrogen) atoms. The maximum Gasteiger partial charge on any atom is 0.270 e. The van der Waals surface area contributed by atoms with Crippen LogP contribution in [0.5, 0.6) is 0 Å². The zero-order valence-corrected chi connectivity index (χ0v) is 18.1. The average Bonchev–Trinajstić information content (AvgIpc) is 2.77. The highest BCUT2D eigenvalue weighted by molar-refractivity contribution is 5.88. The minimum absolute atomic E-state index is 0.0578. The van der Waals surface area contributed by atoms with E-state index in [1.165, 1.54) is 17.7 Å². The number of pyridine rings is 1. The summed E-state index contributed by atoms with van der Waals surface area (Å²) >= 11 is 0. The molecule has 1 N–H and O–H groups in total. The molecule has 8 heteroatoms. The Balaban J connectivity index is 1.42. The summed E-state index contributed by atoms with van der Waals surface area (Å²) in [6.07, 6.45) is 0.502. The van der Waals surface area contributed by atoms with Crippen molar-refractivity contribution in [2.45, 2.75) is 39.1 Å². The zero-order valence-electron chi connectivity index (χ0n) is 18.1. The predicted molar refractivity (Wildman–Crippen MR) is 122 cm³/mol. The SMILES string of the molecule is CC1CN(Cc2ccc(CNc3cc(C#N)c4cc([N+](=O)[O-])ccc4n3)cc2)CC(C)O1. The quantitative estimate of drug-likeness (QED) is 0.460. The number of fused-ring (bicyclic) bond motifs is 1. The Bertz CT molecular complexity index is 1160. The molecule has 2 atom stereocenters. The number of benzene rings is 2. The van der Waals surface area contributed by atoms with E-state index in [4.69, 9.17) is 4.74 Å². The number of morpholine rings is 1. The Labute approximate surface area is 186 Å². The van der Waals surface area contributed by atoms with E-state index in [9.17, 15) is 15.4 Å². The van der Waals surface area contributed by atoms with Crippen LogP contribution in [-0.4, -0.2) is 40.1 Å². The molecule has 0 radical (unpaired) electrons. The van der Waals surface area contributed by atoms with Gasteiger partial charge in [-0.3, -0.25) is 15.0 Å². The van der Waals surface area contributed by atoms with Crippen LogP contribution in [0.25, 0.3) is 10.9 Å². The molecular weight excluding hydrogens is 406 g/mol. The first-order valence-electron chi connectivity index (χ1n) is 10.6. The lowest BCUT2D eigenvalue weighted by Gasteiger charge is -2.35. The van der Waals surface area contributed by atoms with Crippen LogP contribution in [-0.2, 0) is 17.8 Å². The lowest BCUT2D eigenvalue weighted by molar-refractivity contribution is -0.384. The van der Waals surface area contributed by atoms with Crippen LogP contribution < -0.4 is 5.32 Å². The fraction of sp³-hybridized carbons (Fsp3) is 0.333. The largest absolute Gasteiger partial charge is 0.373 e. The fourth-order valence-electron chi connectivity index (χ4n) is 4.14. The second kappa shape index (κ2) is 9.30. The number of aromatic nitrogens is 1. The molecule has 1 aliphatic heterocycles. The molecule has 1 aromatic heterocycles. The molecular formula is C24H25N5O3. The maximum absolute atomic E-state index is 11.0. The van der Waals surface area contributed by atoms with Crippen molar-refractivity contribution in [3.63, 3.8) is 0 Å². The summed E-state index contributed by atoms with van der Waals surface area (Å²) in [5.41, 5.74) is 3.19. The van der Waals surface area contributed by atoms with Gasteiger partial charge in [0.2, 0.25) is 0 Å². The Kier molecular flexibility index (Phi) is 6.30. The number of nitro groups is 1. The van der Waals surface area contributed by atoms with Crippen molar-refractivity contribution in [1.29, 1.82) is 5.26 Å². The molecule has 0 saturated carbocycles. The zero-order chi connectivity index (χ0) is 22.7. The Morgan fingerprint density at radius 1 is 1.16 bits per heavy atom. The van der Waals surface area contributed by atoms with Crippen molar-refractivity contribution < 1.29 is 9.66 Å². The number of nitrogens with zero attached hydrogens (tertiary/aromatic N) is 4. The van der Waals surface area contributed by atoms with E-state index in [0.717, 1.165) is 25.2 Å². The maximum atomic E-state index is 11.0. The molecule has 2 heterocycles. The average molecular weight is 431 g/mol. The van der Waals surface area contributed by atoms with E-state index in [2.05, 4.69) is 59.4 Å². The van der Waals surface area contributed by atoms with Crippen LogP contribution in [0.4, 0.5) is 11.5 Å². The van der Waals surface area contributed by atoms with E-state index in [-0.39, 0.29) is 17.9 Å². The van der Waals surface area contributed by atoms with Gasteiger partial charge >= 0.3 is 0 Å². The van der Waals surface area contributed by atoms with Gasteiger partial charge in [0, 0.05) is 43.7 Å². The molecule has 0 bridgehead atoms. The third-order valence-electron chi connectivity index (χ3n) is 5.52. The number of non-ortho nitro benzene ring substituents is 1. The van der Waals surface area contributed by atoms with E-state index >= 15 is 0 Å². The lowest BCUT2D eigenvalue weighted by Crippen LogP contribution is -2.44. The summed E-state index contributed by atoms with van der Waals surface area (Å²) in [6.45, 7) is 7.55. The van der Waals surface area contributed by atoms with Crippen molar-refractivity contribution in [1.82, 2.24) is 9.88 Å². The van der Waals surface area contributed by atoms with Gasteiger partial charge in [0.1, 0.15) is 5.82 Å². The van der Waals surface area contributed by atoms with Gasteiger partial charge in [-0.2, -0.15) is 5.26 Å². The van der Waals surface area contributed by atoms with Crippen molar-refractivity contribution in [3.05, 3.63) is 75.3 Å². The van der Waals surface area contributed by atoms with E-state index in [1.54, 1.807) is 12.1 Å². The van der Waals surface area contributed by atoms with Gasteiger partial charge in [-0.1, -0.05) is 24.3 Å². The molecule has 0 aliphatic carbocycles. The van der Waals surface area contributed by atoms with Gasteiger partial charge in [-0.25, -0.2) is 4.98 Å². The lowest BCUT2D eigenvalue weighted by atomic mass is 10.1. The summed E-state index contributed by atoms with van der Waals surface area (Å²) in [6, 6.07) is 16.5. The van der Waals surface area contributed by atoms with Crippen LogP contribution in [0.1, 0.15) is 30.5 Å². The van der Waals surface area contributed by atoms with E-state index in [0.29, 0.717) is 28.8 Å². The van der Waals surface area contributed by atoms with Gasteiger partial charge in [0.05, 0.1) is 34.3 Å². The standard InChI is InChI=1S/C24H25N5O3/c1-16-13-28(14-17(2)32-16)15-19-5-3-18(4-6-19)12-26-24-9-20(11-25)22-10-21(29(30)31)7-8-23(22)27-24/h3-10,16-17H,12-15H2,1-2H3,(H,26,27). The van der Waals surface area contributed by atoms with Gasteiger partial charge in [-0.15, -0.1) is 0 Å². The van der Waals surface area contributed by atoms with E-state index < -0.39 is 4.92 Å². The van der Waals surface area contributed by atoms with Crippen molar-refractivity contribution in [2.24, 2.45) is 0 Å². The van der Waals surface area contributed by atoms with Crippen molar-refractivity contribution in [3.8, 4) is 6.07 Å². The van der Waals surface area contributed by atoms with Gasteiger partial charge in [0.15, 0.2) is 0 Å². The van der Waals surface area contributed by atoms with Gasteiger partial charge < -0.3 is 10.1 Å². The highest BCUT2D eigenvalue weighted by atomic mass is 16.6. The van der Waals surface area contributed by atoms with Gasteiger partial charge in [-0.05, 0) is 37.1 Å². The summed E-state index contributed by atoms with van der Waals surface area (Å²) in [7, 11) is 0. The van der Waals surface area contributed by atoms with Gasteiger partial charge in [0.25, 0.3) is 5.69 Å². The third-order valence-corrected chi connectivity index (χ3v) is 5.52. The van der Waals surface area contributed by atoms with Crippen LogP contribution >= 0.6 is 0 Å². The Morgan fingerprint density at radius 3 is 2.50 bits per heavy atom. The van der Waals surface area contributed by atoms with Crippen LogP contribution in [0.15, 0.2) is 48.5 Å². The summed E-state index contributed by atoms with van der Waals surface area (Å²) < 4.78 is 5.80. The monoisotopic (exact) mass is 431 g/mol. The first-order valence-corrected chi connectivity index (χ1v) is 10.6. The third kappa shape index (κ3) is 5.02. The minimum Gasteiger partial charge on any atom is -0.373 e. The normalized spacial score (nSPS) is 18.9. The smallest absolute Gasteiger partial charge is 0.270 e. The molecule has 2 aromatic carbocycles. The van der Waals surface area contributed by atoms with E-state index in [1.807, 2.05) is 0 Å². The molecule has 0 amide bonds. The number of nitrogens with one attached hydrogen (secondary N) is 1. The van der Waals surface area contributed by atoms with Crippen molar-refractivity contribution >= 4 is 22.4 Å². The highest BCUT2D eigenvalue weighted by Gasteiger charge is 2.22. The van der Waals surface area contributed by atoms with Crippen LogP contribution in [0.2, 0.25) is 0 Å². The first kappa shape index (κ1) is 21.7. The number of anilines is 1. The number of hydrogen-bond acceptors (Lipinski definition) is 7. The Morgan fingerprint density at radius 2 is 1.84 bits per heavy atom. The summed E-state index contributed by atoms with van der Waals surface area (Å²) in [5, 5.41) is 24.2. The molecule has 2 unspecified atom stereocenters. The van der Waals surface area contributed by atoms with Crippen LogP contribution in [0.3, 0.4) is 0 Å². The molecule has 1 saturated heterocycles. The second-order valence-electron chi connectivity index (χ2n) is 8.25. The summed E-state index contributed by atoms with van der Waals surface area (Å²) in [4.78, 5) is 17.5. The molecule has 8 nitrogen and oxygen atoms in total.